The second-order valence-electron chi connectivity index (χ2n) is 4.95. The minimum absolute atomic E-state index is 0.122. The summed E-state index contributed by atoms with van der Waals surface area (Å²) in [5, 5.41) is 3.39. The van der Waals surface area contributed by atoms with Crippen LogP contribution in [-0.4, -0.2) is 28.8 Å². The molecule has 0 radical (unpaired) electrons. The maximum atomic E-state index is 5.35. The molecule has 0 spiro atoms. The van der Waals surface area contributed by atoms with E-state index < -0.39 is 0 Å². The molecule has 0 saturated carbocycles. The van der Waals surface area contributed by atoms with Gasteiger partial charge < -0.3 is 14.6 Å². The normalized spacial score (nSPS) is 12.4. The van der Waals surface area contributed by atoms with Crippen molar-refractivity contribution in [3.8, 4) is 0 Å². The van der Waals surface area contributed by atoms with Crippen LogP contribution in [0.15, 0.2) is 12.5 Å². The highest BCUT2D eigenvalue weighted by Crippen LogP contribution is 2.09. The lowest BCUT2D eigenvalue weighted by atomic mass is 10.1. The summed E-state index contributed by atoms with van der Waals surface area (Å²) in [6.07, 6.45) is 3.79. The van der Waals surface area contributed by atoms with Gasteiger partial charge in [-0.15, -0.1) is 0 Å². The van der Waals surface area contributed by atoms with Crippen LogP contribution in [0.1, 0.15) is 39.4 Å². The molecule has 0 aliphatic carbocycles. The molecule has 1 heterocycles. The van der Waals surface area contributed by atoms with E-state index in [4.69, 9.17) is 4.74 Å². The SMILES string of the molecule is COC(C)(C)CNCc1cncn1C(C)C. The Labute approximate surface area is 98.0 Å². The highest BCUT2D eigenvalue weighted by molar-refractivity contribution is 4.99. The van der Waals surface area contributed by atoms with Crippen LogP contribution in [0.4, 0.5) is 0 Å². The van der Waals surface area contributed by atoms with Crippen LogP contribution in [0.25, 0.3) is 0 Å². The number of imidazole rings is 1. The molecule has 0 amide bonds. The van der Waals surface area contributed by atoms with Crippen molar-refractivity contribution in [2.75, 3.05) is 13.7 Å². The topological polar surface area (TPSA) is 39.1 Å². The third-order valence-corrected chi connectivity index (χ3v) is 2.71. The number of nitrogens with zero attached hydrogens (tertiary/aromatic N) is 2. The predicted molar refractivity (Wildman–Crippen MR) is 65.4 cm³/mol. The molecular weight excluding hydrogens is 202 g/mol. The molecule has 16 heavy (non-hydrogen) atoms. The van der Waals surface area contributed by atoms with E-state index in [1.54, 1.807) is 7.11 Å². The van der Waals surface area contributed by atoms with Gasteiger partial charge in [-0.25, -0.2) is 4.98 Å². The molecule has 1 aromatic rings. The van der Waals surface area contributed by atoms with Crippen molar-refractivity contribution >= 4 is 0 Å². The van der Waals surface area contributed by atoms with Gasteiger partial charge in [-0.05, 0) is 27.7 Å². The summed E-state index contributed by atoms with van der Waals surface area (Å²) in [6, 6.07) is 0.453. The average molecular weight is 225 g/mol. The van der Waals surface area contributed by atoms with Gasteiger partial charge in [0.25, 0.3) is 0 Å². The van der Waals surface area contributed by atoms with E-state index in [0.29, 0.717) is 6.04 Å². The molecule has 0 unspecified atom stereocenters. The van der Waals surface area contributed by atoms with Crippen LogP contribution < -0.4 is 5.32 Å². The van der Waals surface area contributed by atoms with E-state index in [9.17, 15) is 0 Å². The van der Waals surface area contributed by atoms with Crippen molar-refractivity contribution in [2.24, 2.45) is 0 Å². The van der Waals surface area contributed by atoms with Gasteiger partial charge in [-0.1, -0.05) is 0 Å². The van der Waals surface area contributed by atoms with Gasteiger partial charge in [0.2, 0.25) is 0 Å². The van der Waals surface area contributed by atoms with Crippen LogP contribution in [0, 0.1) is 0 Å². The number of hydrogen-bond acceptors (Lipinski definition) is 3. The van der Waals surface area contributed by atoms with E-state index in [1.165, 1.54) is 5.69 Å². The molecule has 0 aliphatic rings. The molecule has 4 nitrogen and oxygen atoms in total. The Morgan fingerprint density at radius 3 is 2.75 bits per heavy atom. The second-order valence-corrected chi connectivity index (χ2v) is 4.95. The van der Waals surface area contributed by atoms with Gasteiger partial charge in [0.15, 0.2) is 0 Å². The zero-order valence-electron chi connectivity index (χ0n) is 10.9. The number of ether oxygens (including phenoxy) is 1. The summed E-state index contributed by atoms with van der Waals surface area (Å²) in [5.41, 5.74) is 1.09. The second kappa shape index (κ2) is 5.46. The lowest BCUT2D eigenvalue weighted by molar-refractivity contribution is 0.0229. The largest absolute Gasteiger partial charge is 0.377 e. The summed E-state index contributed by atoms with van der Waals surface area (Å²) in [5.74, 6) is 0. The van der Waals surface area contributed by atoms with Gasteiger partial charge in [0, 0.05) is 32.4 Å². The van der Waals surface area contributed by atoms with Crippen molar-refractivity contribution in [2.45, 2.75) is 45.9 Å². The minimum Gasteiger partial charge on any atom is -0.377 e. The summed E-state index contributed by atoms with van der Waals surface area (Å²) < 4.78 is 7.52. The molecule has 0 aromatic carbocycles. The standard InChI is InChI=1S/C12H23N3O/c1-10(2)15-9-14-7-11(15)6-13-8-12(3,4)16-5/h7,9-10,13H,6,8H2,1-5H3. The van der Waals surface area contributed by atoms with Gasteiger partial charge in [0.05, 0.1) is 17.6 Å². The fourth-order valence-corrected chi connectivity index (χ4v) is 1.50. The molecule has 0 atom stereocenters. The Balaban J connectivity index is 2.46. The molecule has 1 N–H and O–H groups in total. The van der Waals surface area contributed by atoms with E-state index in [0.717, 1.165) is 13.1 Å². The molecule has 4 heteroatoms. The van der Waals surface area contributed by atoms with Crippen molar-refractivity contribution in [3.63, 3.8) is 0 Å². The Kier molecular flexibility index (Phi) is 4.50. The van der Waals surface area contributed by atoms with Gasteiger partial charge in [0.1, 0.15) is 0 Å². The number of hydrogen-bond donors (Lipinski definition) is 1. The fourth-order valence-electron chi connectivity index (χ4n) is 1.50. The van der Waals surface area contributed by atoms with Crippen LogP contribution in [0.2, 0.25) is 0 Å². The quantitative estimate of drug-likeness (QED) is 0.804. The van der Waals surface area contributed by atoms with Crippen LogP contribution in [0.5, 0.6) is 0 Å². The van der Waals surface area contributed by atoms with E-state index in [2.05, 4.69) is 42.6 Å². The number of methoxy groups -OCH3 is 1. The highest BCUT2D eigenvalue weighted by Gasteiger charge is 2.15. The monoisotopic (exact) mass is 225 g/mol. The lowest BCUT2D eigenvalue weighted by Gasteiger charge is -2.23. The number of aromatic nitrogens is 2. The molecule has 1 aromatic heterocycles. The maximum Gasteiger partial charge on any atom is 0.0951 e. The van der Waals surface area contributed by atoms with E-state index in [-0.39, 0.29) is 5.60 Å². The van der Waals surface area contributed by atoms with E-state index in [1.807, 2.05) is 12.5 Å². The summed E-state index contributed by atoms with van der Waals surface area (Å²) >= 11 is 0. The first-order valence-electron chi connectivity index (χ1n) is 5.73. The Bertz CT molecular complexity index is 318. The molecule has 0 bridgehead atoms. The molecule has 92 valence electrons. The first kappa shape index (κ1) is 13.2. The van der Waals surface area contributed by atoms with Gasteiger partial charge in [-0.3, -0.25) is 0 Å². The first-order chi connectivity index (χ1) is 7.46. The van der Waals surface area contributed by atoms with Gasteiger partial charge >= 0.3 is 0 Å². The van der Waals surface area contributed by atoms with Crippen LogP contribution in [-0.2, 0) is 11.3 Å². The molecular formula is C12H23N3O. The minimum atomic E-state index is -0.122. The van der Waals surface area contributed by atoms with Crippen molar-refractivity contribution in [1.29, 1.82) is 0 Å². The lowest BCUT2D eigenvalue weighted by Crippen LogP contribution is -2.36. The number of rotatable bonds is 6. The molecule has 1 rings (SSSR count). The van der Waals surface area contributed by atoms with Crippen LogP contribution >= 0.6 is 0 Å². The highest BCUT2D eigenvalue weighted by atomic mass is 16.5. The third-order valence-electron chi connectivity index (χ3n) is 2.71. The fraction of sp³-hybridized carbons (Fsp3) is 0.750. The summed E-state index contributed by atoms with van der Waals surface area (Å²) in [6.45, 7) is 10.1. The van der Waals surface area contributed by atoms with Crippen LogP contribution in [0.3, 0.4) is 0 Å². The van der Waals surface area contributed by atoms with E-state index >= 15 is 0 Å². The summed E-state index contributed by atoms with van der Waals surface area (Å²) in [7, 11) is 1.74. The molecule has 0 aliphatic heterocycles. The number of nitrogens with one attached hydrogen (secondary N) is 1. The third kappa shape index (κ3) is 3.61. The molecule has 0 fully saturated rings. The van der Waals surface area contributed by atoms with Crippen molar-refractivity contribution < 1.29 is 4.74 Å². The Morgan fingerprint density at radius 2 is 2.19 bits per heavy atom. The Morgan fingerprint density at radius 1 is 1.50 bits per heavy atom. The zero-order chi connectivity index (χ0) is 12.2. The zero-order valence-corrected chi connectivity index (χ0v) is 10.9. The Hall–Kier alpha value is -0.870. The smallest absolute Gasteiger partial charge is 0.0951 e. The van der Waals surface area contributed by atoms with Crippen molar-refractivity contribution in [1.82, 2.24) is 14.9 Å². The maximum absolute atomic E-state index is 5.35. The summed E-state index contributed by atoms with van der Waals surface area (Å²) in [4.78, 5) is 4.17. The molecule has 0 saturated heterocycles. The average Bonchev–Trinajstić information content (AvgIpc) is 2.66. The van der Waals surface area contributed by atoms with Crippen molar-refractivity contribution in [3.05, 3.63) is 18.2 Å². The first-order valence-corrected chi connectivity index (χ1v) is 5.73. The van der Waals surface area contributed by atoms with Gasteiger partial charge in [-0.2, -0.15) is 0 Å². The predicted octanol–water partition coefficient (Wildman–Crippen LogP) is 1.98.